The van der Waals surface area contributed by atoms with Crippen molar-refractivity contribution < 1.29 is 22.6 Å². The van der Waals surface area contributed by atoms with Gasteiger partial charge in [0.1, 0.15) is 23.6 Å². The molecule has 0 radical (unpaired) electrons. The van der Waals surface area contributed by atoms with E-state index >= 15 is 0 Å². The maximum Gasteiger partial charge on any atom is 0.431 e. The number of aliphatic imine (C=N–C) groups is 1. The maximum absolute atomic E-state index is 13.5. The molecule has 1 aliphatic heterocycles. The van der Waals surface area contributed by atoms with Crippen LogP contribution in [-0.2, 0) is 11.2 Å². The Hall–Kier alpha value is -2.96. The highest BCUT2D eigenvalue weighted by Crippen LogP contribution is 2.40. The number of benzene rings is 2. The molecular weight excluding hydrogens is 357 g/mol. The molecule has 0 fully saturated rings. The minimum Gasteiger partial charge on any atom is -0.497 e. The van der Waals surface area contributed by atoms with E-state index in [0.717, 1.165) is 17.2 Å². The molecule has 2 atom stereocenters. The molecule has 7 heteroatoms. The van der Waals surface area contributed by atoms with Gasteiger partial charge in [-0.05, 0) is 35.4 Å². The lowest BCUT2D eigenvalue weighted by molar-refractivity contribution is -0.0902. The molecule has 2 aromatic carbocycles. The van der Waals surface area contributed by atoms with Crippen LogP contribution in [-0.4, -0.2) is 25.3 Å². The molecule has 0 saturated heterocycles. The van der Waals surface area contributed by atoms with Gasteiger partial charge in [-0.15, -0.1) is 0 Å². The van der Waals surface area contributed by atoms with Gasteiger partial charge >= 0.3 is 6.18 Å². The van der Waals surface area contributed by atoms with E-state index < -0.39 is 11.9 Å². The monoisotopic (exact) mass is 374 g/mol. The lowest BCUT2D eigenvalue weighted by Gasteiger charge is -2.15. The van der Waals surface area contributed by atoms with E-state index in [2.05, 4.69) is 10.3 Å². The number of alkyl halides is 3. The van der Waals surface area contributed by atoms with E-state index in [-0.39, 0.29) is 18.0 Å². The second-order valence-electron chi connectivity index (χ2n) is 6.38. The Morgan fingerprint density at radius 2 is 1.93 bits per heavy atom. The maximum atomic E-state index is 13.5. The van der Waals surface area contributed by atoms with Crippen LogP contribution in [0.25, 0.3) is 0 Å². The molecule has 0 aromatic heterocycles. The zero-order valence-electron chi connectivity index (χ0n) is 14.5. The molecule has 1 aliphatic carbocycles. The molecule has 140 valence electrons. The van der Waals surface area contributed by atoms with Crippen molar-refractivity contribution in [1.82, 2.24) is 0 Å². The fourth-order valence-corrected chi connectivity index (χ4v) is 3.33. The molecule has 2 aromatic rings. The zero-order valence-corrected chi connectivity index (χ0v) is 14.5. The summed E-state index contributed by atoms with van der Waals surface area (Å²) in [5.41, 5.74) is 1.51. The summed E-state index contributed by atoms with van der Waals surface area (Å²) in [6, 6.07) is 13.7. The number of rotatable bonds is 4. The van der Waals surface area contributed by atoms with Gasteiger partial charge in [-0.25, -0.2) is 4.99 Å². The van der Waals surface area contributed by atoms with Gasteiger partial charge in [-0.3, -0.25) is 0 Å². The third kappa shape index (κ3) is 3.49. The van der Waals surface area contributed by atoms with Crippen molar-refractivity contribution in [3.63, 3.8) is 0 Å². The summed E-state index contributed by atoms with van der Waals surface area (Å²) >= 11 is 0. The van der Waals surface area contributed by atoms with Gasteiger partial charge in [0.15, 0.2) is 0 Å². The summed E-state index contributed by atoms with van der Waals surface area (Å²) in [7, 11) is 1.49. The van der Waals surface area contributed by atoms with Crippen LogP contribution in [0.2, 0.25) is 0 Å². The fraction of sp³-hybridized carbons (Fsp3) is 0.250. The number of methoxy groups -OCH3 is 1. The highest BCUT2D eigenvalue weighted by atomic mass is 19.4. The number of nitrogens with one attached hydrogen (secondary N) is 1. The van der Waals surface area contributed by atoms with Crippen molar-refractivity contribution in [2.45, 2.75) is 24.7 Å². The first-order chi connectivity index (χ1) is 12.9. The van der Waals surface area contributed by atoms with Crippen LogP contribution in [0.3, 0.4) is 0 Å². The van der Waals surface area contributed by atoms with Crippen molar-refractivity contribution in [2.24, 2.45) is 4.99 Å². The minimum atomic E-state index is -4.57. The molecule has 0 amide bonds. The quantitative estimate of drug-likeness (QED) is 0.847. The van der Waals surface area contributed by atoms with Crippen LogP contribution in [0.5, 0.6) is 5.75 Å². The highest BCUT2D eigenvalue weighted by molar-refractivity contribution is 5.91. The van der Waals surface area contributed by atoms with Gasteiger partial charge < -0.3 is 14.8 Å². The molecule has 4 rings (SSSR count). The first-order valence-electron chi connectivity index (χ1n) is 8.46. The largest absolute Gasteiger partial charge is 0.497 e. The summed E-state index contributed by atoms with van der Waals surface area (Å²) in [5.74, 6) is 0.556. The van der Waals surface area contributed by atoms with E-state index in [9.17, 15) is 13.2 Å². The van der Waals surface area contributed by atoms with Crippen LogP contribution in [0, 0.1) is 0 Å². The van der Waals surface area contributed by atoms with Crippen molar-refractivity contribution in [3.05, 3.63) is 71.4 Å². The Balaban J connectivity index is 1.59. The second kappa shape index (κ2) is 6.64. The standard InChI is InChI=1S/C20H17F3N2O2/c1-26-14-8-6-13(7-9-14)24-17(20(21,22)23)11-18-25-19-15-5-3-2-4-12(15)10-16(19)27-18/h2-9,11,16,19,24H,10H2,1H3/b17-11-/t16-,19+/m1/s1. The Morgan fingerprint density at radius 3 is 2.63 bits per heavy atom. The molecule has 4 nitrogen and oxygen atoms in total. The lowest BCUT2D eigenvalue weighted by atomic mass is 10.1. The SMILES string of the molecule is COc1ccc(N/C(=C\C2=N[C@H]3c4ccccc4C[C@H]3O2)C(F)(F)F)cc1. The number of fused-ring (bicyclic) bond motifs is 3. The Bertz CT molecular complexity index is 904. The molecule has 0 unspecified atom stereocenters. The molecule has 27 heavy (non-hydrogen) atoms. The van der Waals surface area contributed by atoms with Crippen LogP contribution in [0.4, 0.5) is 18.9 Å². The van der Waals surface area contributed by atoms with Crippen LogP contribution in [0.1, 0.15) is 17.2 Å². The average molecular weight is 374 g/mol. The number of allylic oxidation sites excluding steroid dienone is 1. The van der Waals surface area contributed by atoms with Crippen LogP contribution >= 0.6 is 0 Å². The second-order valence-corrected chi connectivity index (χ2v) is 6.38. The smallest absolute Gasteiger partial charge is 0.431 e. The van der Waals surface area contributed by atoms with Crippen LogP contribution < -0.4 is 10.1 Å². The molecule has 1 N–H and O–H groups in total. The number of anilines is 1. The Morgan fingerprint density at radius 1 is 1.19 bits per heavy atom. The number of hydrogen-bond donors (Lipinski definition) is 1. The first kappa shape index (κ1) is 17.5. The molecule has 2 aliphatic rings. The van der Waals surface area contributed by atoms with E-state index in [1.54, 1.807) is 12.1 Å². The van der Waals surface area contributed by atoms with E-state index in [1.165, 1.54) is 19.2 Å². The third-order valence-corrected chi connectivity index (χ3v) is 4.63. The molecule has 0 spiro atoms. The summed E-state index contributed by atoms with van der Waals surface area (Å²) < 4.78 is 51.1. The number of halogens is 3. The molecule has 1 heterocycles. The summed E-state index contributed by atoms with van der Waals surface area (Å²) in [4.78, 5) is 4.37. The van der Waals surface area contributed by atoms with Crippen molar-refractivity contribution in [3.8, 4) is 5.75 Å². The molecule has 0 bridgehead atoms. The predicted octanol–water partition coefficient (Wildman–Crippen LogP) is 4.65. The normalized spacial score (nSPS) is 21.2. The molecule has 0 saturated carbocycles. The topological polar surface area (TPSA) is 42.8 Å². The highest BCUT2D eigenvalue weighted by Gasteiger charge is 2.40. The Labute approximate surface area is 154 Å². The average Bonchev–Trinajstić information content (AvgIpc) is 3.18. The zero-order chi connectivity index (χ0) is 19.0. The fourth-order valence-electron chi connectivity index (χ4n) is 3.33. The summed E-state index contributed by atoms with van der Waals surface area (Å²) in [6.45, 7) is 0. The van der Waals surface area contributed by atoms with Gasteiger partial charge in [0.05, 0.1) is 7.11 Å². The number of ether oxygens (including phenoxy) is 2. The van der Waals surface area contributed by atoms with E-state index in [0.29, 0.717) is 17.9 Å². The van der Waals surface area contributed by atoms with E-state index in [4.69, 9.17) is 9.47 Å². The summed E-state index contributed by atoms with van der Waals surface area (Å²) in [6.07, 6.45) is -3.24. The van der Waals surface area contributed by atoms with Gasteiger partial charge in [0, 0.05) is 18.2 Å². The van der Waals surface area contributed by atoms with E-state index in [1.807, 2.05) is 24.3 Å². The Kier molecular flexibility index (Phi) is 4.30. The number of hydrogen-bond acceptors (Lipinski definition) is 4. The van der Waals surface area contributed by atoms with Gasteiger partial charge in [-0.2, -0.15) is 13.2 Å². The van der Waals surface area contributed by atoms with Gasteiger partial charge in [0.2, 0.25) is 5.90 Å². The van der Waals surface area contributed by atoms with Crippen molar-refractivity contribution in [2.75, 3.05) is 12.4 Å². The van der Waals surface area contributed by atoms with Gasteiger partial charge in [-0.1, -0.05) is 24.3 Å². The van der Waals surface area contributed by atoms with Crippen LogP contribution in [0.15, 0.2) is 65.3 Å². The molecular formula is C20H17F3N2O2. The minimum absolute atomic E-state index is 0.00663. The summed E-state index contributed by atoms with van der Waals surface area (Å²) in [5, 5.41) is 2.40. The number of nitrogens with zero attached hydrogens (tertiary/aromatic N) is 1. The van der Waals surface area contributed by atoms with Crippen molar-refractivity contribution >= 4 is 11.6 Å². The third-order valence-electron chi connectivity index (χ3n) is 4.63. The van der Waals surface area contributed by atoms with Crippen molar-refractivity contribution in [1.29, 1.82) is 0 Å². The predicted molar refractivity (Wildman–Crippen MR) is 95.9 cm³/mol. The van der Waals surface area contributed by atoms with Gasteiger partial charge in [0.25, 0.3) is 0 Å². The first-order valence-corrected chi connectivity index (χ1v) is 8.46. The lowest BCUT2D eigenvalue weighted by Crippen LogP contribution is -2.21.